The number of nitrogens with zero attached hydrogens (tertiary/aromatic N) is 1. The summed E-state index contributed by atoms with van der Waals surface area (Å²) in [5, 5.41) is 8.71. The molecule has 1 aromatic rings. The van der Waals surface area contributed by atoms with Gasteiger partial charge in [-0.05, 0) is 30.9 Å². The second-order valence-corrected chi connectivity index (χ2v) is 3.70. The molecule has 0 spiro atoms. The number of benzene rings is 1. The van der Waals surface area contributed by atoms with Crippen LogP contribution in [0.5, 0.6) is 0 Å². The maximum absolute atomic E-state index is 8.71. The van der Waals surface area contributed by atoms with Gasteiger partial charge in [-0.1, -0.05) is 18.2 Å². The van der Waals surface area contributed by atoms with E-state index in [1.807, 2.05) is 0 Å². The summed E-state index contributed by atoms with van der Waals surface area (Å²) in [6, 6.07) is 8.42. The van der Waals surface area contributed by atoms with Crippen molar-refractivity contribution in [2.75, 3.05) is 25.6 Å². The number of rotatable bonds is 5. The van der Waals surface area contributed by atoms with Crippen molar-refractivity contribution in [3.8, 4) is 0 Å². The van der Waals surface area contributed by atoms with E-state index in [9.17, 15) is 0 Å². The monoisotopic (exact) mass is 193 g/mol. The Morgan fingerprint density at radius 3 is 2.50 bits per heavy atom. The molecule has 0 aliphatic rings. The maximum atomic E-state index is 8.71. The van der Waals surface area contributed by atoms with Crippen molar-refractivity contribution in [1.29, 1.82) is 0 Å². The molecule has 0 aliphatic heterocycles. The maximum Gasteiger partial charge on any atom is 0.0431 e. The van der Waals surface area contributed by atoms with Crippen molar-refractivity contribution in [2.45, 2.75) is 19.3 Å². The standard InChI is InChI=1S/C12H19NO/c1-13(2)12-9-4-3-7-11(12)8-5-6-10-14/h3-4,7,9,14H,5-6,8,10H2,1-2H3. The van der Waals surface area contributed by atoms with Crippen molar-refractivity contribution in [3.05, 3.63) is 29.8 Å². The van der Waals surface area contributed by atoms with Crippen LogP contribution in [0.2, 0.25) is 0 Å². The molecule has 0 atom stereocenters. The lowest BCUT2D eigenvalue weighted by atomic mass is 10.1. The molecule has 1 rings (SSSR count). The predicted octanol–water partition coefficient (Wildman–Crippen LogP) is 2.07. The normalized spacial score (nSPS) is 10.2. The van der Waals surface area contributed by atoms with Gasteiger partial charge in [0.1, 0.15) is 0 Å². The molecule has 0 unspecified atom stereocenters. The summed E-state index contributed by atoms with van der Waals surface area (Å²) in [5.41, 5.74) is 2.65. The van der Waals surface area contributed by atoms with Crippen molar-refractivity contribution in [3.63, 3.8) is 0 Å². The molecule has 0 heterocycles. The van der Waals surface area contributed by atoms with Gasteiger partial charge in [-0.25, -0.2) is 0 Å². The molecule has 1 N–H and O–H groups in total. The Bertz CT molecular complexity index is 271. The third-order valence-corrected chi connectivity index (χ3v) is 2.33. The third kappa shape index (κ3) is 3.04. The van der Waals surface area contributed by atoms with Crippen LogP contribution in [0, 0.1) is 0 Å². The molecule has 1 aromatic carbocycles. The lowest BCUT2D eigenvalue weighted by Gasteiger charge is -2.17. The highest BCUT2D eigenvalue weighted by molar-refractivity contribution is 5.52. The molecule has 14 heavy (non-hydrogen) atoms. The third-order valence-electron chi connectivity index (χ3n) is 2.33. The number of aryl methyl sites for hydroxylation is 1. The summed E-state index contributed by atoms with van der Waals surface area (Å²) in [6.45, 7) is 0.296. The molecule has 78 valence electrons. The zero-order chi connectivity index (χ0) is 10.4. The van der Waals surface area contributed by atoms with Gasteiger partial charge in [-0.15, -0.1) is 0 Å². The summed E-state index contributed by atoms with van der Waals surface area (Å²) in [5.74, 6) is 0. The fraction of sp³-hybridized carbons (Fsp3) is 0.500. The second-order valence-electron chi connectivity index (χ2n) is 3.70. The fourth-order valence-electron chi connectivity index (χ4n) is 1.59. The number of hydrogen-bond donors (Lipinski definition) is 1. The minimum Gasteiger partial charge on any atom is -0.396 e. The number of aliphatic hydroxyl groups is 1. The molecule has 0 aliphatic carbocycles. The van der Waals surface area contributed by atoms with Crippen molar-refractivity contribution in [1.82, 2.24) is 0 Å². The number of hydrogen-bond acceptors (Lipinski definition) is 2. The highest BCUT2D eigenvalue weighted by Crippen LogP contribution is 2.19. The van der Waals surface area contributed by atoms with Gasteiger partial charge in [0.25, 0.3) is 0 Å². The van der Waals surface area contributed by atoms with Gasteiger partial charge in [-0.2, -0.15) is 0 Å². The molecule has 0 amide bonds. The van der Waals surface area contributed by atoms with Gasteiger partial charge in [0, 0.05) is 26.4 Å². The Hall–Kier alpha value is -1.02. The molecule has 0 saturated heterocycles. The van der Waals surface area contributed by atoms with Gasteiger partial charge < -0.3 is 10.0 Å². The van der Waals surface area contributed by atoms with E-state index in [2.05, 4.69) is 43.3 Å². The molecule has 2 heteroatoms. The van der Waals surface area contributed by atoms with Gasteiger partial charge in [0.15, 0.2) is 0 Å². The predicted molar refractivity (Wildman–Crippen MR) is 60.8 cm³/mol. The van der Waals surface area contributed by atoms with Crippen LogP contribution in [-0.2, 0) is 6.42 Å². The first kappa shape index (κ1) is 11.1. The smallest absolute Gasteiger partial charge is 0.0431 e. The number of para-hydroxylation sites is 1. The molecular weight excluding hydrogens is 174 g/mol. The number of unbranched alkanes of at least 4 members (excludes halogenated alkanes) is 1. The first-order valence-corrected chi connectivity index (χ1v) is 5.12. The van der Waals surface area contributed by atoms with Crippen LogP contribution in [0.1, 0.15) is 18.4 Å². The lowest BCUT2D eigenvalue weighted by Crippen LogP contribution is -2.11. The highest BCUT2D eigenvalue weighted by Gasteiger charge is 2.02. The Morgan fingerprint density at radius 1 is 1.14 bits per heavy atom. The van der Waals surface area contributed by atoms with Crippen LogP contribution >= 0.6 is 0 Å². The minimum atomic E-state index is 0.296. The first-order chi connectivity index (χ1) is 6.75. The summed E-state index contributed by atoms with van der Waals surface area (Å²) < 4.78 is 0. The lowest BCUT2D eigenvalue weighted by molar-refractivity contribution is 0.284. The van der Waals surface area contributed by atoms with Crippen LogP contribution in [0.25, 0.3) is 0 Å². The summed E-state index contributed by atoms with van der Waals surface area (Å²) in [6.07, 6.45) is 3.00. The zero-order valence-electron chi connectivity index (χ0n) is 9.03. The van der Waals surface area contributed by atoms with Crippen LogP contribution in [0.4, 0.5) is 5.69 Å². The fourth-order valence-corrected chi connectivity index (χ4v) is 1.59. The van der Waals surface area contributed by atoms with Gasteiger partial charge in [0.05, 0.1) is 0 Å². The summed E-state index contributed by atoms with van der Waals surface area (Å²) in [4.78, 5) is 2.13. The van der Waals surface area contributed by atoms with Crippen LogP contribution in [0.15, 0.2) is 24.3 Å². The van der Waals surface area contributed by atoms with Crippen LogP contribution < -0.4 is 4.90 Å². The van der Waals surface area contributed by atoms with Gasteiger partial charge >= 0.3 is 0 Å². The molecular formula is C12H19NO. The molecule has 0 radical (unpaired) electrons. The van der Waals surface area contributed by atoms with Crippen molar-refractivity contribution >= 4 is 5.69 Å². The molecule has 2 nitrogen and oxygen atoms in total. The highest BCUT2D eigenvalue weighted by atomic mass is 16.2. The molecule has 0 fully saturated rings. The van der Waals surface area contributed by atoms with Crippen LogP contribution in [-0.4, -0.2) is 25.8 Å². The quantitative estimate of drug-likeness (QED) is 0.724. The van der Waals surface area contributed by atoms with Crippen molar-refractivity contribution in [2.24, 2.45) is 0 Å². The van der Waals surface area contributed by atoms with E-state index < -0.39 is 0 Å². The van der Waals surface area contributed by atoms with E-state index in [0.717, 1.165) is 19.3 Å². The average Bonchev–Trinajstić information content (AvgIpc) is 2.19. The summed E-state index contributed by atoms with van der Waals surface area (Å²) in [7, 11) is 4.12. The Kier molecular flexibility index (Phi) is 4.47. The molecule has 0 bridgehead atoms. The Morgan fingerprint density at radius 2 is 1.86 bits per heavy atom. The molecule has 0 saturated carbocycles. The van der Waals surface area contributed by atoms with Gasteiger partial charge in [-0.3, -0.25) is 0 Å². The zero-order valence-corrected chi connectivity index (χ0v) is 9.03. The van der Waals surface area contributed by atoms with E-state index in [1.165, 1.54) is 11.3 Å². The minimum absolute atomic E-state index is 0.296. The second kappa shape index (κ2) is 5.66. The Balaban J connectivity index is 2.64. The van der Waals surface area contributed by atoms with Crippen molar-refractivity contribution < 1.29 is 5.11 Å². The Labute approximate surface area is 86.2 Å². The van der Waals surface area contributed by atoms with E-state index in [1.54, 1.807) is 0 Å². The van der Waals surface area contributed by atoms with Gasteiger partial charge in [0.2, 0.25) is 0 Å². The van der Waals surface area contributed by atoms with Crippen LogP contribution in [0.3, 0.4) is 0 Å². The average molecular weight is 193 g/mol. The van der Waals surface area contributed by atoms with E-state index in [0.29, 0.717) is 6.61 Å². The van der Waals surface area contributed by atoms with E-state index in [4.69, 9.17) is 5.11 Å². The largest absolute Gasteiger partial charge is 0.396 e. The van der Waals surface area contributed by atoms with E-state index >= 15 is 0 Å². The molecule has 0 aromatic heterocycles. The van der Waals surface area contributed by atoms with E-state index in [-0.39, 0.29) is 0 Å². The number of aliphatic hydroxyl groups excluding tert-OH is 1. The topological polar surface area (TPSA) is 23.5 Å². The SMILES string of the molecule is CN(C)c1ccccc1CCCCO. The summed E-state index contributed by atoms with van der Waals surface area (Å²) >= 11 is 0. The number of anilines is 1. The first-order valence-electron chi connectivity index (χ1n) is 5.12.